The molecule has 0 saturated heterocycles. The van der Waals surface area contributed by atoms with Crippen LogP contribution < -0.4 is 0 Å². The van der Waals surface area contributed by atoms with Crippen molar-refractivity contribution in [2.24, 2.45) is 0 Å². The van der Waals surface area contributed by atoms with Crippen LogP contribution >= 0.6 is 34.2 Å². The molecule has 0 amide bonds. The Morgan fingerprint density at radius 1 is 1.62 bits per heavy atom. The maximum atomic E-state index is 10.6. The summed E-state index contributed by atoms with van der Waals surface area (Å²) in [4.78, 5) is 10.6. The molecule has 1 atom stereocenters. The van der Waals surface area contributed by atoms with Crippen molar-refractivity contribution >= 4 is 40.5 Å². The van der Waals surface area contributed by atoms with Gasteiger partial charge in [0.1, 0.15) is 6.29 Å². The third kappa shape index (κ3) is 2.68. The molecule has 0 fully saturated rings. The molecule has 0 heterocycles. The van der Waals surface area contributed by atoms with Crippen LogP contribution in [0.15, 0.2) is 18.2 Å². The van der Waals surface area contributed by atoms with Crippen molar-refractivity contribution in [1.82, 2.24) is 0 Å². The van der Waals surface area contributed by atoms with Gasteiger partial charge in [-0.2, -0.15) is 0 Å². The van der Waals surface area contributed by atoms with Crippen LogP contribution in [-0.4, -0.2) is 6.29 Å². The Balaban J connectivity index is 3.10. The molecule has 0 aliphatic heterocycles. The zero-order valence-electron chi connectivity index (χ0n) is 7.26. The molecule has 0 spiro atoms. The number of alkyl halides is 1. The molecule has 1 aromatic rings. The molecule has 0 N–H and O–H groups in total. The first-order chi connectivity index (χ1) is 6.19. The van der Waals surface area contributed by atoms with Crippen molar-refractivity contribution in [3.05, 3.63) is 32.9 Å². The minimum absolute atomic E-state index is 0.0462. The number of aldehydes is 1. The maximum absolute atomic E-state index is 10.6. The second-order valence-corrected chi connectivity index (χ2v) is 4.34. The van der Waals surface area contributed by atoms with Crippen LogP contribution in [0.1, 0.15) is 24.0 Å². The Bertz CT molecular complexity index is 312. The Labute approximate surface area is 96.6 Å². The summed E-state index contributed by atoms with van der Waals surface area (Å²) in [6.45, 7) is 1.89. The van der Waals surface area contributed by atoms with Crippen LogP contribution in [0, 0.1) is 3.57 Å². The standard InChI is InChI=1S/C10H10ClIO/c1-7(6-13)9-4-8(5-11)2-3-10(9)12/h2-4,6-7H,5H2,1H3. The summed E-state index contributed by atoms with van der Waals surface area (Å²) in [7, 11) is 0. The molecule has 1 rings (SSSR count). The second-order valence-electron chi connectivity index (χ2n) is 2.91. The normalized spacial score (nSPS) is 12.5. The number of hydrogen-bond donors (Lipinski definition) is 0. The molecule has 1 aromatic carbocycles. The van der Waals surface area contributed by atoms with Gasteiger partial charge in [0.15, 0.2) is 0 Å². The zero-order valence-corrected chi connectivity index (χ0v) is 10.2. The van der Waals surface area contributed by atoms with Crippen LogP contribution in [-0.2, 0) is 10.7 Å². The fourth-order valence-electron chi connectivity index (χ4n) is 1.10. The highest BCUT2D eigenvalue weighted by Crippen LogP contribution is 2.22. The summed E-state index contributed by atoms with van der Waals surface area (Å²) in [6.07, 6.45) is 0.954. The third-order valence-electron chi connectivity index (χ3n) is 1.91. The van der Waals surface area contributed by atoms with Crippen molar-refractivity contribution in [2.45, 2.75) is 18.7 Å². The molecule has 0 aliphatic carbocycles. The average Bonchev–Trinajstić information content (AvgIpc) is 2.17. The van der Waals surface area contributed by atoms with Crippen LogP contribution in [0.3, 0.4) is 0 Å². The topological polar surface area (TPSA) is 17.1 Å². The fourth-order valence-corrected chi connectivity index (χ4v) is 2.09. The SMILES string of the molecule is CC(C=O)c1cc(CCl)ccc1I. The lowest BCUT2D eigenvalue weighted by Gasteiger charge is -2.08. The molecule has 0 aromatic heterocycles. The van der Waals surface area contributed by atoms with E-state index in [4.69, 9.17) is 11.6 Å². The molecule has 0 bridgehead atoms. The van der Waals surface area contributed by atoms with E-state index in [1.807, 2.05) is 25.1 Å². The second kappa shape index (κ2) is 4.96. The number of halogens is 2. The molecule has 0 radical (unpaired) electrons. The van der Waals surface area contributed by atoms with E-state index in [9.17, 15) is 4.79 Å². The molecular weight excluding hydrogens is 298 g/mol. The van der Waals surface area contributed by atoms with Gasteiger partial charge in [-0.15, -0.1) is 11.6 Å². The van der Waals surface area contributed by atoms with Gasteiger partial charge in [0.2, 0.25) is 0 Å². The number of carbonyl (C=O) groups is 1. The van der Waals surface area contributed by atoms with Crippen molar-refractivity contribution < 1.29 is 4.79 Å². The maximum Gasteiger partial charge on any atom is 0.127 e. The van der Waals surface area contributed by atoms with Crippen molar-refractivity contribution in [1.29, 1.82) is 0 Å². The van der Waals surface area contributed by atoms with Crippen molar-refractivity contribution in [3.8, 4) is 0 Å². The predicted molar refractivity (Wildman–Crippen MR) is 63.2 cm³/mol. The quantitative estimate of drug-likeness (QED) is 0.475. The van der Waals surface area contributed by atoms with Crippen LogP contribution in [0.5, 0.6) is 0 Å². The summed E-state index contributed by atoms with van der Waals surface area (Å²) in [5.74, 6) is 0.449. The molecule has 0 saturated carbocycles. The van der Waals surface area contributed by atoms with Gasteiger partial charge in [-0.25, -0.2) is 0 Å². The summed E-state index contributed by atoms with van der Waals surface area (Å²) in [5.41, 5.74) is 2.12. The van der Waals surface area contributed by atoms with E-state index < -0.39 is 0 Å². The van der Waals surface area contributed by atoms with E-state index in [-0.39, 0.29) is 5.92 Å². The third-order valence-corrected chi connectivity index (χ3v) is 3.20. The number of carbonyl (C=O) groups excluding carboxylic acids is 1. The van der Waals surface area contributed by atoms with Crippen molar-refractivity contribution in [3.63, 3.8) is 0 Å². The lowest BCUT2D eigenvalue weighted by molar-refractivity contribution is -0.108. The van der Waals surface area contributed by atoms with Gasteiger partial charge < -0.3 is 4.79 Å². The number of benzene rings is 1. The van der Waals surface area contributed by atoms with Gasteiger partial charge in [0.05, 0.1) is 0 Å². The summed E-state index contributed by atoms with van der Waals surface area (Å²) >= 11 is 7.94. The van der Waals surface area contributed by atoms with Gasteiger partial charge in [-0.3, -0.25) is 0 Å². The number of hydrogen-bond acceptors (Lipinski definition) is 1. The van der Waals surface area contributed by atoms with Gasteiger partial charge in [-0.1, -0.05) is 19.1 Å². The first kappa shape index (κ1) is 11.0. The van der Waals surface area contributed by atoms with Crippen molar-refractivity contribution in [2.75, 3.05) is 0 Å². The molecule has 3 heteroatoms. The first-order valence-corrected chi connectivity index (χ1v) is 5.60. The van der Waals surface area contributed by atoms with E-state index in [1.165, 1.54) is 0 Å². The van der Waals surface area contributed by atoms with E-state index in [2.05, 4.69) is 22.6 Å². The summed E-state index contributed by atoms with van der Waals surface area (Å²) in [5, 5.41) is 0. The summed E-state index contributed by atoms with van der Waals surface area (Å²) in [6, 6.07) is 5.97. The molecule has 1 nitrogen and oxygen atoms in total. The minimum Gasteiger partial charge on any atom is -0.303 e. The van der Waals surface area contributed by atoms with Gasteiger partial charge in [-0.05, 0) is 39.8 Å². The van der Waals surface area contributed by atoms with Gasteiger partial charge >= 0.3 is 0 Å². The van der Waals surface area contributed by atoms with Gasteiger partial charge in [0, 0.05) is 15.4 Å². The zero-order chi connectivity index (χ0) is 9.84. The molecule has 70 valence electrons. The van der Waals surface area contributed by atoms with Crippen LogP contribution in [0.25, 0.3) is 0 Å². The van der Waals surface area contributed by atoms with E-state index in [1.54, 1.807) is 0 Å². The average molecular weight is 309 g/mol. The Morgan fingerprint density at radius 3 is 2.85 bits per heavy atom. The Kier molecular flexibility index (Phi) is 4.19. The first-order valence-electron chi connectivity index (χ1n) is 3.98. The largest absolute Gasteiger partial charge is 0.303 e. The highest BCUT2D eigenvalue weighted by atomic mass is 127. The Hall–Kier alpha value is -0.0900. The Morgan fingerprint density at radius 2 is 2.31 bits per heavy atom. The lowest BCUT2D eigenvalue weighted by atomic mass is 10.0. The minimum atomic E-state index is -0.0462. The lowest BCUT2D eigenvalue weighted by Crippen LogP contribution is -1.98. The monoisotopic (exact) mass is 308 g/mol. The smallest absolute Gasteiger partial charge is 0.127 e. The molecular formula is C10H10ClIO. The van der Waals surface area contributed by atoms with E-state index in [0.29, 0.717) is 5.88 Å². The molecule has 13 heavy (non-hydrogen) atoms. The fraction of sp³-hybridized carbons (Fsp3) is 0.300. The molecule has 0 aliphatic rings. The van der Waals surface area contributed by atoms with E-state index in [0.717, 1.165) is 21.0 Å². The predicted octanol–water partition coefficient (Wildman–Crippen LogP) is 3.33. The summed E-state index contributed by atoms with van der Waals surface area (Å²) < 4.78 is 1.12. The number of rotatable bonds is 3. The van der Waals surface area contributed by atoms with Crippen LogP contribution in [0.4, 0.5) is 0 Å². The van der Waals surface area contributed by atoms with E-state index >= 15 is 0 Å². The van der Waals surface area contributed by atoms with Crippen LogP contribution in [0.2, 0.25) is 0 Å². The highest BCUT2D eigenvalue weighted by molar-refractivity contribution is 14.1. The highest BCUT2D eigenvalue weighted by Gasteiger charge is 2.08. The van der Waals surface area contributed by atoms with Gasteiger partial charge in [0.25, 0.3) is 0 Å². The molecule has 1 unspecified atom stereocenters.